The molecule has 72 valence electrons. The molecule has 0 aromatic carbocycles. The molecule has 0 aromatic heterocycles. The van der Waals surface area contributed by atoms with E-state index in [-0.39, 0.29) is 5.94 Å². The van der Waals surface area contributed by atoms with Gasteiger partial charge in [-0.05, 0) is 12.8 Å². The zero-order chi connectivity index (χ0) is 9.23. The van der Waals surface area contributed by atoms with Crippen LogP contribution in [0, 0.1) is 0 Å². The van der Waals surface area contributed by atoms with Crippen LogP contribution >= 0.6 is 0 Å². The van der Waals surface area contributed by atoms with E-state index in [9.17, 15) is 4.21 Å². The van der Waals surface area contributed by atoms with Crippen LogP contribution in [0.5, 0.6) is 0 Å². The molecular formula is C9H18O2S. The van der Waals surface area contributed by atoms with Crippen molar-refractivity contribution >= 4 is 10.8 Å². The summed E-state index contributed by atoms with van der Waals surface area (Å²) < 4.78 is 10.7. The van der Waals surface area contributed by atoms with Crippen molar-refractivity contribution in [2.24, 2.45) is 0 Å². The van der Waals surface area contributed by atoms with Gasteiger partial charge in [0, 0.05) is 16.6 Å². The molecule has 0 aliphatic rings. The van der Waals surface area contributed by atoms with Gasteiger partial charge in [-0.3, -0.25) is 4.21 Å². The third-order valence-electron chi connectivity index (χ3n) is 1.55. The Labute approximate surface area is 77.1 Å². The molecule has 12 heavy (non-hydrogen) atoms. The summed E-state index contributed by atoms with van der Waals surface area (Å²) in [5.41, 5.74) is 0. The number of allylic oxidation sites excluding steroid dienone is 2. The Balaban J connectivity index is 3.18. The highest BCUT2D eigenvalue weighted by molar-refractivity contribution is 7.84. The minimum absolute atomic E-state index is 0.206. The van der Waals surface area contributed by atoms with E-state index in [2.05, 4.69) is 13.0 Å². The largest absolute Gasteiger partial charge is 0.383 e. The molecular weight excluding hydrogens is 172 g/mol. The highest BCUT2D eigenvalue weighted by atomic mass is 32.2. The third-order valence-corrected chi connectivity index (χ3v) is 2.53. The summed E-state index contributed by atoms with van der Waals surface area (Å²) in [4.78, 5) is 0. The Hall–Kier alpha value is -0.150. The first-order valence-electron chi connectivity index (χ1n) is 4.42. The van der Waals surface area contributed by atoms with E-state index in [1.165, 1.54) is 12.8 Å². The van der Waals surface area contributed by atoms with Crippen molar-refractivity contribution in [2.75, 3.05) is 11.7 Å². The van der Waals surface area contributed by atoms with Gasteiger partial charge in [0.2, 0.25) is 0 Å². The summed E-state index contributed by atoms with van der Waals surface area (Å²) in [6.45, 7) is 2.16. The standard InChI is InChI=1S/C9H18O2S/c1-2-3-4-5-6-7-8-12(11)9-10/h5-6,10H,2-4,7-9H2,1H3. The van der Waals surface area contributed by atoms with E-state index in [1.54, 1.807) is 0 Å². The van der Waals surface area contributed by atoms with Crippen molar-refractivity contribution in [3.05, 3.63) is 12.2 Å². The number of rotatable bonds is 7. The van der Waals surface area contributed by atoms with E-state index < -0.39 is 10.8 Å². The number of aliphatic hydroxyl groups excluding tert-OH is 1. The van der Waals surface area contributed by atoms with Gasteiger partial charge in [0.1, 0.15) is 5.94 Å². The molecule has 0 heterocycles. The van der Waals surface area contributed by atoms with Crippen molar-refractivity contribution in [1.29, 1.82) is 0 Å². The molecule has 0 aromatic rings. The van der Waals surface area contributed by atoms with Gasteiger partial charge in [0.05, 0.1) is 0 Å². The van der Waals surface area contributed by atoms with Crippen molar-refractivity contribution in [2.45, 2.75) is 32.6 Å². The van der Waals surface area contributed by atoms with Crippen LogP contribution in [0.25, 0.3) is 0 Å². The van der Waals surface area contributed by atoms with Gasteiger partial charge in [-0.25, -0.2) is 0 Å². The Bertz CT molecular complexity index is 143. The summed E-state index contributed by atoms with van der Waals surface area (Å²) in [6, 6.07) is 0. The number of hydrogen-bond acceptors (Lipinski definition) is 2. The SMILES string of the molecule is CCCCC=CCCS(=O)CO. The van der Waals surface area contributed by atoms with Gasteiger partial charge in [-0.15, -0.1) is 0 Å². The molecule has 2 nitrogen and oxygen atoms in total. The van der Waals surface area contributed by atoms with Gasteiger partial charge in [0.15, 0.2) is 0 Å². The van der Waals surface area contributed by atoms with Crippen molar-refractivity contribution in [3.63, 3.8) is 0 Å². The highest BCUT2D eigenvalue weighted by Crippen LogP contribution is 1.96. The van der Waals surface area contributed by atoms with E-state index in [0.29, 0.717) is 5.75 Å². The first-order chi connectivity index (χ1) is 5.81. The van der Waals surface area contributed by atoms with Gasteiger partial charge in [-0.2, -0.15) is 0 Å². The average molecular weight is 190 g/mol. The Morgan fingerprint density at radius 3 is 2.58 bits per heavy atom. The van der Waals surface area contributed by atoms with Gasteiger partial charge in [-0.1, -0.05) is 31.9 Å². The molecule has 0 saturated heterocycles. The number of aliphatic hydroxyl groups is 1. The first-order valence-corrected chi connectivity index (χ1v) is 5.91. The lowest BCUT2D eigenvalue weighted by molar-refractivity contribution is 0.368. The lowest BCUT2D eigenvalue weighted by atomic mass is 10.2. The van der Waals surface area contributed by atoms with Crippen LogP contribution in [0.2, 0.25) is 0 Å². The van der Waals surface area contributed by atoms with Crippen LogP contribution in [0.15, 0.2) is 12.2 Å². The molecule has 0 saturated carbocycles. The number of unbranched alkanes of at least 4 members (excludes halogenated alkanes) is 2. The second-order valence-electron chi connectivity index (χ2n) is 2.68. The Morgan fingerprint density at radius 1 is 1.33 bits per heavy atom. The van der Waals surface area contributed by atoms with E-state index >= 15 is 0 Å². The highest BCUT2D eigenvalue weighted by Gasteiger charge is 1.92. The van der Waals surface area contributed by atoms with Gasteiger partial charge in [0.25, 0.3) is 0 Å². The zero-order valence-corrected chi connectivity index (χ0v) is 8.48. The minimum Gasteiger partial charge on any atom is -0.383 e. The maximum atomic E-state index is 10.7. The minimum atomic E-state index is -1.03. The molecule has 0 rings (SSSR count). The second kappa shape index (κ2) is 8.94. The van der Waals surface area contributed by atoms with Crippen LogP contribution in [0.3, 0.4) is 0 Å². The normalized spacial score (nSPS) is 13.8. The topological polar surface area (TPSA) is 37.3 Å². The molecule has 0 aliphatic heterocycles. The van der Waals surface area contributed by atoms with E-state index in [0.717, 1.165) is 12.8 Å². The summed E-state index contributed by atoms with van der Waals surface area (Å²) in [5.74, 6) is 0.377. The molecule has 1 N–H and O–H groups in total. The lowest BCUT2D eigenvalue weighted by Gasteiger charge is -1.92. The Morgan fingerprint density at radius 2 is 2.00 bits per heavy atom. The van der Waals surface area contributed by atoms with Crippen LogP contribution < -0.4 is 0 Å². The summed E-state index contributed by atoms with van der Waals surface area (Å²) >= 11 is 0. The van der Waals surface area contributed by atoms with Crippen LogP contribution in [0.1, 0.15) is 32.6 Å². The zero-order valence-electron chi connectivity index (χ0n) is 7.66. The Kier molecular flexibility index (Phi) is 8.83. The van der Waals surface area contributed by atoms with Gasteiger partial charge >= 0.3 is 0 Å². The molecule has 0 spiro atoms. The molecule has 0 bridgehead atoms. The van der Waals surface area contributed by atoms with Crippen LogP contribution in [-0.4, -0.2) is 21.0 Å². The van der Waals surface area contributed by atoms with Crippen molar-refractivity contribution < 1.29 is 9.32 Å². The quantitative estimate of drug-likeness (QED) is 0.491. The summed E-state index contributed by atoms with van der Waals surface area (Å²) in [6.07, 6.45) is 8.53. The molecule has 0 aliphatic carbocycles. The first kappa shape index (κ1) is 11.8. The third kappa shape index (κ3) is 7.95. The maximum Gasteiger partial charge on any atom is 0.118 e. The predicted octanol–water partition coefficient (Wildman–Crippen LogP) is 1.82. The monoisotopic (exact) mass is 190 g/mol. The van der Waals surface area contributed by atoms with Gasteiger partial charge < -0.3 is 5.11 Å². The smallest absolute Gasteiger partial charge is 0.118 e. The molecule has 0 amide bonds. The van der Waals surface area contributed by atoms with Crippen LogP contribution in [-0.2, 0) is 10.8 Å². The van der Waals surface area contributed by atoms with Crippen molar-refractivity contribution in [3.8, 4) is 0 Å². The average Bonchev–Trinajstić information content (AvgIpc) is 2.10. The summed E-state index contributed by atoms with van der Waals surface area (Å²) in [7, 11) is -1.03. The second-order valence-corrected chi connectivity index (χ2v) is 4.22. The maximum absolute atomic E-state index is 10.7. The van der Waals surface area contributed by atoms with Crippen molar-refractivity contribution in [1.82, 2.24) is 0 Å². The fraction of sp³-hybridized carbons (Fsp3) is 0.778. The molecule has 0 radical (unpaired) electrons. The fourth-order valence-corrected chi connectivity index (χ4v) is 1.35. The molecule has 0 fully saturated rings. The predicted molar refractivity (Wildman–Crippen MR) is 53.4 cm³/mol. The van der Waals surface area contributed by atoms with Crippen LogP contribution in [0.4, 0.5) is 0 Å². The molecule has 3 heteroatoms. The fourth-order valence-electron chi connectivity index (χ4n) is 0.822. The lowest BCUT2D eigenvalue weighted by Crippen LogP contribution is -1.99. The molecule has 1 atom stereocenters. The van der Waals surface area contributed by atoms with E-state index in [4.69, 9.17) is 5.11 Å². The van der Waals surface area contributed by atoms with E-state index in [1.807, 2.05) is 6.08 Å². The number of hydrogen-bond donors (Lipinski definition) is 1. The molecule has 1 unspecified atom stereocenters. The summed E-state index contributed by atoms with van der Waals surface area (Å²) in [5, 5.41) is 8.45.